The van der Waals surface area contributed by atoms with Gasteiger partial charge in [-0.2, -0.15) is 4.31 Å². The normalized spacial score (nSPS) is 15.6. The van der Waals surface area contributed by atoms with Crippen molar-refractivity contribution in [1.29, 1.82) is 0 Å². The fraction of sp³-hybridized carbons (Fsp3) is 0.462. The van der Waals surface area contributed by atoms with E-state index in [2.05, 4.69) is 23.7 Å². The number of carbonyl (C=O) groups is 1. The minimum atomic E-state index is -3.59. The van der Waals surface area contributed by atoms with E-state index in [1.807, 2.05) is 6.92 Å². The Morgan fingerprint density at radius 3 is 2.39 bits per heavy atom. The molecule has 3 aromatic rings. The highest BCUT2D eigenvalue weighted by atomic mass is 32.2. The standard InChI is InChI=1S/C26H33FN4O3S2/c1-4-29(5-2)16-17-31(26-28-23-11-8-21(27)18-24(23)35-26)25(32)20-12-14-30(15-13-20)36(33,34)22-9-6-19(3)7-10-22/h6-11,18,20H,4-5,12-17H2,1-3H3. The maximum Gasteiger partial charge on any atom is 0.243 e. The Morgan fingerprint density at radius 2 is 1.75 bits per heavy atom. The Morgan fingerprint density at radius 1 is 1.08 bits per heavy atom. The first kappa shape index (κ1) is 26.7. The molecule has 194 valence electrons. The first-order valence-electron chi connectivity index (χ1n) is 12.4. The Hall–Kier alpha value is -2.40. The molecule has 4 rings (SSSR count). The van der Waals surface area contributed by atoms with E-state index in [1.165, 1.54) is 27.8 Å². The van der Waals surface area contributed by atoms with Crippen LogP contribution in [0.15, 0.2) is 47.4 Å². The van der Waals surface area contributed by atoms with Crippen LogP contribution in [0, 0.1) is 18.7 Å². The number of anilines is 1. The van der Waals surface area contributed by atoms with Crippen LogP contribution in [-0.4, -0.2) is 67.8 Å². The van der Waals surface area contributed by atoms with E-state index in [9.17, 15) is 17.6 Å². The zero-order chi connectivity index (χ0) is 25.9. The lowest BCUT2D eigenvalue weighted by atomic mass is 9.96. The van der Waals surface area contributed by atoms with Crippen LogP contribution in [-0.2, 0) is 14.8 Å². The lowest BCUT2D eigenvalue weighted by molar-refractivity contribution is -0.123. The molecule has 1 aliphatic rings. The number of aryl methyl sites for hydroxylation is 1. The highest BCUT2D eigenvalue weighted by Crippen LogP contribution is 2.32. The van der Waals surface area contributed by atoms with E-state index in [0.29, 0.717) is 54.4 Å². The number of aromatic nitrogens is 1. The van der Waals surface area contributed by atoms with Crippen molar-refractivity contribution >= 4 is 42.6 Å². The number of hydrogen-bond donors (Lipinski definition) is 0. The van der Waals surface area contributed by atoms with Gasteiger partial charge in [-0.15, -0.1) is 0 Å². The van der Waals surface area contributed by atoms with Gasteiger partial charge in [-0.25, -0.2) is 17.8 Å². The molecular weight excluding hydrogens is 499 g/mol. The summed E-state index contributed by atoms with van der Waals surface area (Å²) >= 11 is 1.31. The molecule has 0 atom stereocenters. The summed E-state index contributed by atoms with van der Waals surface area (Å²) in [5.41, 5.74) is 1.66. The Kier molecular flexibility index (Phi) is 8.39. The van der Waals surface area contributed by atoms with Crippen LogP contribution in [0.3, 0.4) is 0 Å². The van der Waals surface area contributed by atoms with Crippen molar-refractivity contribution < 1.29 is 17.6 Å². The summed E-state index contributed by atoms with van der Waals surface area (Å²) in [6.45, 7) is 9.59. The largest absolute Gasteiger partial charge is 0.302 e. The van der Waals surface area contributed by atoms with Gasteiger partial charge in [0.2, 0.25) is 15.9 Å². The van der Waals surface area contributed by atoms with Crippen LogP contribution in [0.1, 0.15) is 32.3 Å². The predicted octanol–water partition coefficient (Wildman–Crippen LogP) is 4.52. The molecule has 7 nitrogen and oxygen atoms in total. The number of nitrogens with zero attached hydrogens (tertiary/aromatic N) is 4. The molecule has 1 aromatic heterocycles. The summed E-state index contributed by atoms with van der Waals surface area (Å²) in [6, 6.07) is 11.3. The molecule has 0 spiro atoms. The molecule has 10 heteroatoms. The van der Waals surface area contributed by atoms with Crippen molar-refractivity contribution in [3.05, 3.63) is 53.8 Å². The summed E-state index contributed by atoms with van der Waals surface area (Å²) in [5, 5.41) is 0.558. The molecule has 0 radical (unpaired) electrons. The summed E-state index contributed by atoms with van der Waals surface area (Å²) in [7, 11) is -3.59. The molecule has 1 saturated heterocycles. The third-order valence-electron chi connectivity index (χ3n) is 6.83. The predicted molar refractivity (Wildman–Crippen MR) is 142 cm³/mol. The van der Waals surface area contributed by atoms with Crippen LogP contribution in [0.5, 0.6) is 0 Å². The maximum atomic E-state index is 13.8. The van der Waals surface area contributed by atoms with Crippen LogP contribution in [0.25, 0.3) is 10.2 Å². The summed E-state index contributed by atoms with van der Waals surface area (Å²) in [4.78, 5) is 22.6. The number of benzene rings is 2. The monoisotopic (exact) mass is 532 g/mol. The van der Waals surface area contributed by atoms with Crippen LogP contribution < -0.4 is 4.90 Å². The minimum absolute atomic E-state index is 0.0472. The van der Waals surface area contributed by atoms with Crippen molar-refractivity contribution in [2.75, 3.05) is 44.2 Å². The van der Waals surface area contributed by atoms with E-state index in [-0.39, 0.29) is 22.5 Å². The van der Waals surface area contributed by atoms with Gasteiger partial charge in [-0.3, -0.25) is 9.69 Å². The van der Waals surface area contributed by atoms with Gasteiger partial charge in [0, 0.05) is 32.1 Å². The number of piperidine rings is 1. The van der Waals surface area contributed by atoms with Gasteiger partial charge in [0.05, 0.1) is 15.1 Å². The molecule has 0 bridgehead atoms. The van der Waals surface area contributed by atoms with E-state index >= 15 is 0 Å². The summed E-state index contributed by atoms with van der Waals surface area (Å²) < 4.78 is 42.1. The first-order chi connectivity index (χ1) is 17.2. The molecule has 1 amide bonds. The minimum Gasteiger partial charge on any atom is -0.302 e. The van der Waals surface area contributed by atoms with Crippen LogP contribution in [0.4, 0.5) is 9.52 Å². The number of hydrogen-bond acceptors (Lipinski definition) is 6. The molecule has 2 heterocycles. The van der Waals surface area contributed by atoms with Crippen molar-refractivity contribution in [1.82, 2.24) is 14.2 Å². The zero-order valence-electron chi connectivity index (χ0n) is 21.0. The number of fused-ring (bicyclic) bond motifs is 1. The van der Waals surface area contributed by atoms with E-state index in [0.717, 1.165) is 18.7 Å². The van der Waals surface area contributed by atoms with Gasteiger partial charge in [0.15, 0.2) is 5.13 Å². The van der Waals surface area contributed by atoms with Crippen molar-refractivity contribution in [3.8, 4) is 0 Å². The number of sulfonamides is 1. The first-order valence-corrected chi connectivity index (χ1v) is 14.6. The number of carbonyl (C=O) groups excluding carboxylic acids is 1. The van der Waals surface area contributed by atoms with Crippen molar-refractivity contribution in [2.24, 2.45) is 5.92 Å². The number of rotatable bonds is 9. The zero-order valence-corrected chi connectivity index (χ0v) is 22.6. The summed E-state index contributed by atoms with van der Waals surface area (Å²) in [5.74, 6) is -0.676. The third-order valence-corrected chi connectivity index (χ3v) is 9.79. The second-order valence-electron chi connectivity index (χ2n) is 9.12. The Labute approximate surface area is 216 Å². The SMILES string of the molecule is CCN(CC)CCN(C(=O)C1CCN(S(=O)(=O)c2ccc(C)cc2)CC1)c1nc2ccc(F)cc2s1. The number of likely N-dealkylation sites (N-methyl/N-ethyl adjacent to an activating group) is 1. The van der Waals surface area contributed by atoms with Gasteiger partial charge in [0.1, 0.15) is 5.82 Å². The van der Waals surface area contributed by atoms with Gasteiger partial charge >= 0.3 is 0 Å². The lowest BCUT2D eigenvalue weighted by Crippen LogP contribution is -2.46. The van der Waals surface area contributed by atoms with Crippen LogP contribution >= 0.6 is 11.3 Å². The smallest absolute Gasteiger partial charge is 0.243 e. The van der Waals surface area contributed by atoms with Gasteiger partial charge in [-0.05, 0) is 63.2 Å². The van der Waals surface area contributed by atoms with E-state index in [1.54, 1.807) is 35.2 Å². The van der Waals surface area contributed by atoms with Gasteiger partial charge in [0.25, 0.3) is 0 Å². The maximum absolute atomic E-state index is 13.8. The lowest BCUT2D eigenvalue weighted by Gasteiger charge is -2.33. The fourth-order valence-electron chi connectivity index (χ4n) is 4.51. The Balaban J connectivity index is 1.51. The molecule has 0 aliphatic carbocycles. The Bertz CT molecular complexity index is 1300. The molecular formula is C26H33FN4O3S2. The second-order valence-corrected chi connectivity index (χ2v) is 12.1. The van der Waals surface area contributed by atoms with E-state index in [4.69, 9.17) is 0 Å². The number of halogens is 1. The van der Waals surface area contributed by atoms with Crippen molar-refractivity contribution in [3.63, 3.8) is 0 Å². The molecule has 2 aromatic carbocycles. The average molecular weight is 533 g/mol. The average Bonchev–Trinajstić information content (AvgIpc) is 3.29. The van der Waals surface area contributed by atoms with Crippen LogP contribution in [0.2, 0.25) is 0 Å². The van der Waals surface area contributed by atoms with E-state index < -0.39 is 10.0 Å². The molecule has 0 saturated carbocycles. The third kappa shape index (κ3) is 5.77. The van der Waals surface area contributed by atoms with Crippen molar-refractivity contribution in [2.45, 2.75) is 38.5 Å². The summed E-state index contributed by atoms with van der Waals surface area (Å²) in [6.07, 6.45) is 0.899. The number of amides is 1. The molecule has 36 heavy (non-hydrogen) atoms. The highest BCUT2D eigenvalue weighted by Gasteiger charge is 2.35. The van der Waals surface area contributed by atoms with Gasteiger partial charge in [-0.1, -0.05) is 42.9 Å². The van der Waals surface area contributed by atoms with Gasteiger partial charge < -0.3 is 4.90 Å². The molecule has 0 N–H and O–H groups in total. The second kappa shape index (κ2) is 11.3. The number of thiazole rings is 1. The molecule has 1 fully saturated rings. The topological polar surface area (TPSA) is 73.8 Å². The molecule has 1 aliphatic heterocycles. The quantitative estimate of drug-likeness (QED) is 0.405. The molecule has 0 unspecified atom stereocenters. The fourth-order valence-corrected chi connectivity index (χ4v) is 7.00. The highest BCUT2D eigenvalue weighted by molar-refractivity contribution is 7.89.